The molecule has 0 saturated carbocycles. The molecule has 3 heteroatoms. The molecule has 0 aliphatic heterocycles. The Morgan fingerprint density at radius 2 is 2.09 bits per heavy atom. The van der Waals surface area contributed by atoms with E-state index >= 15 is 0 Å². The average molecular weight is 218 g/mol. The zero-order valence-corrected chi connectivity index (χ0v) is 8.38. The third-order valence-corrected chi connectivity index (χ3v) is 1.42. The Morgan fingerprint density at radius 3 is 2.55 bits per heavy atom. The van der Waals surface area contributed by atoms with Crippen molar-refractivity contribution in [3.63, 3.8) is 0 Å². The van der Waals surface area contributed by atoms with Crippen molar-refractivity contribution >= 4 is 17.0 Å². The molecule has 0 fully saturated rings. The van der Waals surface area contributed by atoms with Crippen LogP contribution in [0.25, 0.3) is 0 Å². The highest BCUT2D eigenvalue weighted by molar-refractivity contribution is 8.93. The Bertz CT molecular complexity index is 238. The van der Waals surface area contributed by atoms with E-state index in [1.165, 1.54) is 0 Å². The van der Waals surface area contributed by atoms with Gasteiger partial charge in [0.15, 0.2) is 0 Å². The summed E-state index contributed by atoms with van der Waals surface area (Å²) in [4.78, 5) is 4.14. The first-order chi connectivity index (χ1) is 4.74. The molecule has 0 atom stereocenters. The molecular formula is C8H12BrNO. The number of nitrogens with zero attached hydrogens (tertiary/aromatic N) is 1. The zero-order chi connectivity index (χ0) is 7.56. The van der Waals surface area contributed by atoms with E-state index in [0.29, 0.717) is 5.75 Å². The van der Waals surface area contributed by atoms with E-state index in [9.17, 15) is 5.11 Å². The molecule has 0 unspecified atom stereocenters. The maximum atomic E-state index is 9.17. The molecule has 1 rings (SSSR count). The predicted molar refractivity (Wildman–Crippen MR) is 50.3 cm³/mol. The van der Waals surface area contributed by atoms with Gasteiger partial charge in [-0.25, -0.2) is 0 Å². The number of aryl methyl sites for hydroxylation is 2. The topological polar surface area (TPSA) is 33.1 Å². The van der Waals surface area contributed by atoms with Crippen LogP contribution >= 0.6 is 17.0 Å². The van der Waals surface area contributed by atoms with Gasteiger partial charge >= 0.3 is 0 Å². The van der Waals surface area contributed by atoms with Crippen LogP contribution in [0.15, 0.2) is 12.1 Å². The van der Waals surface area contributed by atoms with Gasteiger partial charge in [0.1, 0.15) is 5.75 Å². The minimum atomic E-state index is 0. The molecule has 0 aliphatic rings. The van der Waals surface area contributed by atoms with Gasteiger partial charge < -0.3 is 5.11 Å². The summed E-state index contributed by atoms with van der Waals surface area (Å²) in [6.45, 7) is 3.89. The minimum absolute atomic E-state index is 0. The van der Waals surface area contributed by atoms with Crippen molar-refractivity contribution in [2.75, 3.05) is 0 Å². The highest BCUT2D eigenvalue weighted by Gasteiger charge is 1.97. The largest absolute Gasteiger partial charge is 0.506 e. The lowest BCUT2D eigenvalue weighted by molar-refractivity contribution is 0.464. The van der Waals surface area contributed by atoms with E-state index in [4.69, 9.17) is 0 Å². The monoisotopic (exact) mass is 217 g/mol. The fraction of sp³-hybridized carbons (Fsp3) is 0.375. The Labute approximate surface area is 77.1 Å². The van der Waals surface area contributed by atoms with Gasteiger partial charge in [-0.1, -0.05) is 6.92 Å². The second-order valence-corrected chi connectivity index (χ2v) is 2.27. The molecule has 1 heterocycles. The first-order valence-corrected chi connectivity index (χ1v) is 3.39. The van der Waals surface area contributed by atoms with Gasteiger partial charge in [0.2, 0.25) is 0 Å². The molecule has 0 amide bonds. The summed E-state index contributed by atoms with van der Waals surface area (Å²) in [5.41, 5.74) is 1.73. The standard InChI is InChI=1S/C8H11NO.BrH/c1-3-7-8(10)5-4-6(2)9-7;/h4-5,10H,3H2,1-2H3;1H. The number of aromatic nitrogens is 1. The Morgan fingerprint density at radius 1 is 1.45 bits per heavy atom. The summed E-state index contributed by atoms with van der Waals surface area (Å²) < 4.78 is 0. The quantitative estimate of drug-likeness (QED) is 0.784. The second kappa shape index (κ2) is 4.34. The van der Waals surface area contributed by atoms with Crippen molar-refractivity contribution in [3.05, 3.63) is 23.5 Å². The van der Waals surface area contributed by atoms with E-state index in [1.54, 1.807) is 12.1 Å². The van der Waals surface area contributed by atoms with Crippen LogP contribution in [0.4, 0.5) is 0 Å². The molecule has 62 valence electrons. The van der Waals surface area contributed by atoms with E-state index in [2.05, 4.69) is 4.98 Å². The van der Waals surface area contributed by atoms with Crippen molar-refractivity contribution in [1.29, 1.82) is 0 Å². The number of rotatable bonds is 1. The van der Waals surface area contributed by atoms with Gasteiger partial charge in [-0.2, -0.15) is 0 Å². The third-order valence-electron chi connectivity index (χ3n) is 1.42. The summed E-state index contributed by atoms with van der Waals surface area (Å²) >= 11 is 0. The summed E-state index contributed by atoms with van der Waals surface area (Å²) in [5, 5.41) is 9.17. The predicted octanol–water partition coefficient (Wildman–Crippen LogP) is 2.24. The molecule has 2 nitrogen and oxygen atoms in total. The molecule has 1 aromatic heterocycles. The Kier molecular flexibility index (Phi) is 4.11. The number of halogens is 1. The van der Waals surface area contributed by atoms with Crippen LogP contribution in [0.3, 0.4) is 0 Å². The molecule has 0 saturated heterocycles. The van der Waals surface area contributed by atoms with Crippen LogP contribution in [0.2, 0.25) is 0 Å². The maximum absolute atomic E-state index is 9.17. The SMILES string of the molecule is Br.CCc1nc(C)ccc1O. The third kappa shape index (κ3) is 2.50. The summed E-state index contributed by atoms with van der Waals surface area (Å²) in [6, 6.07) is 3.48. The highest BCUT2D eigenvalue weighted by atomic mass is 79.9. The van der Waals surface area contributed by atoms with Crippen LogP contribution in [0.5, 0.6) is 5.75 Å². The average Bonchev–Trinajstić information content (AvgIpc) is 1.94. The van der Waals surface area contributed by atoms with Gasteiger partial charge in [-0.15, -0.1) is 17.0 Å². The van der Waals surface area contributed by atoms with E-state index in [-0.39, 0.29) is 17.0 Å². The van der Waals surface area contributed by atoms with Crippen molar-refractivity contribution < 1.29 is 5.11 Å². The minimum Gasteiger partial charge on any atom is -0.506 e. The van der Waals surface area contributed by atoms with E-state index < -0.39 is 0 Å². The fourth-order valence-electron chi connectivity index (χ4n) is 0.863. The maximum Gasteiger partial charge on any atom is 0.137 e. The smallest absolute Gasteiger partial charge is 0.137 e. The number of hydrogen-bond donors (Lipinski definition) is 1. The van der Waals surface area contributed by atoms with Crippen molar-refractivity contribution in [2.24, 2.45) is 0 Å². The van der Waals surface area contributed by atoms with Crippen LogP contribution in [-0.2, 0) is 6.42 Å². The normalized spacial score (nSPS) is 8.91. The molecule has 1 aromatic rings. The first-order valence-electron chi connectivity index (χ1n) is 3.39. The van der Waals surface area contributed by atoms with Gasteiger partial charge in [-0.3, -0.25) is 4.98 Å². The van der Waals surface area contributed by atoms with Crippen molar-refractivity contribution in [3.8, 4) is 5.75 Å². The second-order valence-electron chi connectivity index (χ2n) is 2.27. The molecule has 0 aliphatic carbocycles. The first kappa shape index (κ1) is 10.4. The van der Waals surface area contributed by atoms with Gasteiger partial charge in [-0.05, 0) is 25.5 Å². The van der Waals surface area contributed by atoms with Crippen molar-refractivity contribution in [1.82, 2.24) is 4.98 Å². The zero-order valence-electron chi connectivity index (χ0n) is 6.66. The molecule has 0 aromatic carbocycles. The highest BCUT2D eigenvalue weighted by Crippen LogP contribution is 2.14. The van der Waals surface area contributed by atoms with Crippen LogP contribution in [0.1, 0.15) is 18.3 Å². The number of aromatic hydroxyl groups is 1. The molecular weight excluding hydrogens is 206 g/mol. The molecule has 11 heavy (non-hydrogen) atoms. The van der Waals surface area contributed by atoms with E-state index in [1.807, 2.05) is 13.8 Å². The molecule has 0 radical (unpaired) electrons. The fourth-order valence-corrected chi connectivity index (χ4v) is 0.863. The summed E-state index contributed by atoms with van der Waals surface area (Å²) in [5.74, 6) is 0.299. The van der Waals surface area contributed by atoms with Gasteiger partial charge in [0.25, 0.3) is 0 Å². The van der Waals surface area contributed by atoms with Crippen molar-refractivity contribution in [2.45, 2.75) is 20.3 Å². The number of hydrogen-bond acceptors (Lipinski definition) is 2. The Hall–Kier alpha value is -0.570. The molecule has 0 bridgehead atoms. The summed E-state index contributed by atoms with van der Waals surface area (Å²) in [6.07, 6.45) is 0.785. The van der Waals surface area contributed by atoms with Crippen LogP contribution in [-0.4, -0.2) is 10.1 Å². The lowest BCUT2D eigenvalue weighted by Crippen LogP contribution is -1.89. The van der Waals surface area contributed by atoms with Crippen LogP contribution in [0, 0.1) is 6.92 Å². The van der Waals surface area contributed by atoms with Gasteiger partial charge in [0, 0.05) is 5.69 Å². The van der Waals surface area contributed by atoms with E-state index in [0.717, 1.165) is 17.8 Å². The molecule has 0 spiro atoms. The lowest BCUT2D eigenvalue weighted by Gasteiger charge is -1.99. The van der Waals surface area contributed by atoms with Crippen LogP contribution < -0.4 is 0 Å². The molecule has 1 N–H and O–H groups in total. The lowest BCUT2D eigenvalue weighted by atomic mass is 10.2. The number of pyridine rings is 1. The summed E-state index contributed by atoms with van der Waals surface area (Å²) in [7, 11) is 0. The Balaban J connectivity index is 0.000001000. The van der Waals surface area contributed by atoms with Gasteiger partial charge in [0.05, 0.1) is 5.69 Å².